The maximum absolute atomic E-state index is 12.6. The van der Waals surface area contributed by atoms with Crippen molar-refractivity contribution >= 4 is 23.9 Å². The molecular formula is C46H86O8. The molecule has 0 aromatic carbocycles. The first kappa shape index (κ1) is 51.9. The normalized spacial score (nSPS) is 11.9. The lowest BCUT2D eigenvalue weighted by Gasteiger charge is -2.18. The maximum atomic E-state index is 12.6. The highest BCUT2D eigenvalue weighted by Gasteiger charge is 2.15. The Morgan fingerprint density at radius 1 is 0.389 bits per heavy atom. The van der Waals surface area contributed by atoms with Gasteiger partial charge in [0.1, 0.15) is 6.10 Å². The second kappa shape index (κ2) is 39.1. The molecule has 1 atom stereocenters. The van der Waals surface area contributed by atoms with E-state index in [-0.39, 0.29) is 49.1 Å². The van der Waals surface area contributed by atoms with E-state index in [1.807, 2.05) is 6.92 Å². The first-order valence-corrected chi connectivity index (χ1v) is 22.8. The highest BCUT2D eigenvalue weighted by Crippen LogP contribution is 2.19. The summed E-state index contributed by atoms with van der Waals surface area (Å²) in [7, 11) is 0. The van der Waals surface area contributed by atoms with Gasteiger partial charge in [-0.2, -0.15) is 0 Å². The average Bonchev–Trinajstić information content (AvgIpc) is 3.14. The third kappa shape index (κ3) is 38.2. The molecule has 1 unspecified atom stereocenters. The number of carbonyl (C=O) groups is 4. The summed E-state index contributed by atoms with van der Waals surface area (Å²) in [5, 5.41) is 0. The average molecular weight is 767 g/mol. The van der Waals surface area contributed by atoms with Crippen molar-refractivity contribution in [1.29, 1.82) is 0 Å². The van der Waals surface area contributed by atoms with E-state index in [4.69, 9.17) is 18.9 Å². The summed E-state index contributed by atoms with van der Waals surface area (Å²) in [6.45, 7) is 11.8. The van der Waals surface area contributed by atoms with Gasteiger partial charge in [0.25, 0.3) is 0 Å². The zero-order valence-electron chi connectivity index (χ0n) is 36.0. The SMILES string of the molecule is CCCCCCCCC(CCCCCCCC)OC(=O)CCCCCCC(=O)OCC(C)COC(=O)CCCCCC(=O)OCCCCCCCC(C)C. The van der Waals surface area contributed by atoms with Crippen molar-refractivity contribution < 1.29 is 38.1 Å². The van der Waals surface area contributed by atoms with E-state index in [0.29, 0.717) is 45.1 Å². The van der Waals surface area contributed by atoms with Crippen LogP contribution in [0, 0.1) is 11.8 Å². The van der Waals surface area contributed by atoms with Crippen molar-refractivity contribution in [1.82, 2.24) is 0 Å². The van der Waals surface area contributed by atoms with Crippen LogP contribution in [0.1, 0.15) is 234 Å². The van der Waals surface area contributed by atoms with Gasteiger partial charge < -0.3 is 18.9 Å². The lowest BCUT2D eigenvalue weighted by atomic mass is 10.0. The topological polar surface area (TPSA) is 105 Å². The maximum Gasteiger partial charge on any atom is 0.306 e. The first-order chi connectivity index (χ1) is 26.2. The molecule has 0 aromatic rings. The van der Waals surface area contributed by atoms with Gasteiger partial charge in [0, 0.05) is 31.6 Å². The number of hydrogen-bond acceptors (Lipinski definition) is 8. The van der Waals surface area contributed by atoms with Crippen molar-refractivity contribution in [3.8, 4) is 0 Å². The molecule has 0 saturated heterocycles. The van der Waals surface area contributed by atoms with E-state index in [2.05, 4.69) is 27.7 Å². The second-order valence-electron chi connectivity index (χ2n) is 16.3. The van der Waals surface area contributed by atoms with Crippen LogP contribution in [-0.4, -0.2) is 49.8 Å². The van der Waals surface area contributed by atoms with Crippen molar-refractivity contribution in [2.45, 2.75) is 240 Å². The third-order valence-corrected chi connectivity index (χ3v) is 10.1. The van der Waals surface area contributed by atoms with E-state index in [1.54, 1.807) is 0 Å². The Morgan fingerprint density at radius 3 is 1.20 bits per heavy atom. The van der Waals surface area contributed by atoms with Crippen molar-refractivity contribution in [2.24, 2.45) is 11.8 Å². The highest BCUT2D eigenvalue weighted by molar-refractivity contribution is 5.70. The van der Waals surface area contributed by atoms with Gasteiger partial charge in [-0.1, -0.05) is 150 Å². The van der Waals surface area contributed by atoms with Crippen LogP contribution in [0.5, 0.6) is 0 Å². The van der Waals surface area contributed by atoms with Gasteiger partial charge in [-0.05, 0) is 63.7 Å². The fourth-order valence-electron chi connectivity index (χ4n) is 6.53. The molecule has 0 aliphatic carbocycles. The Morgan fingerprint density at radius 2 is 0.741 bits per heavy atom. The van der Waals surface area contributed by atoms with E-state index in [0.717, 1.165) is 76.5 Å². The summed E-state index contributed by atoms with van der Waals surface area (Å²) in [6.07, 6.45) is 31.0. The lowest BCUT2D eigenvalue weighted by Crippen LogP contribution is -2.18. The monoisotopic (exact) mass is 767 g/mol. The van der Waals surface area contributed by atoms with Crippen molar-refractivity contribution in [3.63, 3.8) is 0 Å². The van der Waals surface area contributed by atoms with Gasteiger partial charge in [0.2, 0.25) is 0 Å². The Kier molecular flexibility index (Phi) is 37.6. The molecule has 0 amide bonds. The molecule has 0 N–H and O–H groups in total. The van der Waals surface area contributed by atoms with E-state index < -0.39 is 0 Å². The lowest BCUT2D eigenvalue weighted by molar-refractivity contribution is -0.151. The number of ether oxygens (including phenoxy) is 4. The summed E-state index contributed by atoms with van der Waals surface area (Å²) in [6, 6.07) is 0. The molecule has 318 valence electrons. The highest BCUT2D eigenvalue weighted by atomic mass is 16.6. The zero-order chi connectivity index (χ0) is 39.9. The molecule has 0 aliphatic heterocycles. The fraction of sp³-hybridized carbons (Fsp3) is 0.913. The van der Waals surface area contributed by atoms with Gasteiger partial charge in [0.15, 0.2) is 0 Å². The standard InChI is InChI=1S/C46H86O8/c1-6-8-10-12-16-23-31-42(32-24-17-13-11-9-7-2)54-46(50)36-26-19-18-25-34-44(48)52-38-41(5)39-53-45(49)35-28-21-27-33-43(47)51-37-29-20-14-15-22-30-40(3)4/h40-42H,6-39H2,1-5H3. The van der Waals surface area contributed by atoms with Crippen LogP contribution in [-0.2, 0) is 38.1 Å². The number of hydrogen-bond donors (Lipinski definition) is 0. The quantitative estimate of drug-likeness (QED) is 0.0345. The molecular weight excluding hydrogens is 680 g/mol. The van der Waals surface area contributed by atoms with Gasteiger partial charge in [-0.3, -0.25) is 19.2 Å². The number of carbonyl (C=O) groups excluding carboxylic acids is 4. The van der Waals surface area contributed by atoms with Crippen LogP contribution in [0.3, 0.4) is 0 Å². The molecule has 0 rings (SSSR count). The molecule has 8 nitrogen and oxygen atoms in total. The van der Waals surface area contributed by atoms with E-state index in [1.165, 1.54) is 89.9 Å². The smallest absolute Gasteiger partial charge is 0.306 e. The molecule has 8 heteroatoms. The summed E-state index contributed by atoms with van der Waals surface area (Å²) in [5.74, 6) is -0.0454. The van der Waals surface area contributed by atoms with Gasteiger partial charge in [-0.15, -0.1) is 0 Å². The molecule has 0 aliphatic rings. The molecule has 0 saturated carbocycles. The van der Waals surface area contributed by atoms with E-state index in [9.17, 15) is 19.2 Å². The number of unbranched alkanes of at least 4 members (excludes halogenated alkanes) is 19. The van der Waals surface area contributed by atoms with Crippen LogP contribution in [0.2, 0.25) is 0 Å². The molecule has 0 bridgehead atoms. The van der Waals surface area contributed by atoms with E-state index >= 15 is 0 Å². The van der Waals surface area contributed by atoms with Crippen LogP contribution in [0.15, 0.2) is 0 Å². The number of esters is 4. The predicted octanol–water partition coefficient (Wildman–Crippen LogP) is 13.0. The Bertz CT molecular complexity index is 872. The molecule has 0 radical (unpaired) electrons. The first-order valence-electron chi connectivity index (χ1n) is 22.8. The number of rotatable bonds is 40. The Balaban J connectivity index is 3.89. The predicted molar refractivity (Wildman–Crippen MR) is 221 cm³/mol. The third-order valence-electron chi connectivity index (χ3n) is 10.1. The summed E-state index contributed by atoms with van der Waals surface area (Å²) in [5.41, 5.74) is 0. The molecule has 0 heterocycles. The van der Waals surface area contributed by atoms with Crippen LogP contribution in [0.25, 0.3) is 0 Å². The Hall–Kier alpha value is -2.12. The molecule has 0 fully saturated rings. The van der Waals surface area contributed by atoms with Gasteiger partial charge in [-0.25, -0.2) is 0 Å². The largest absolute Gasteiger partial charge is 0.466 e. The minimum atomic E-state index is -0.265. The summed E-state index contributed by atoms with van der Waals surface area (Å²) < 4.78 is 22.0. The summed E-state index contributed by atoms with van der Waals surface area (Å²) in [4.78, 5) is 48.9. The van der Waals surface area contributed by atoms with Crippen molar-refractivity contribution in [3.05, 3.63) is 0 Å². The van der Waals surface area contributed by atoms with Gasteiger partial charge in [0.05, 0.1) is 19.8 Å². The fourth-order valence-corrected chi connectivity index (χ4v) is 6.53. The molecule has 0 spiro atoms. The molecule has 54 heavy (non-hydrogen) atoms. The minimum absolute atomic E-state index is 0.0536. The molecule has 0 aromatic heterocycles. The zero-order valence-corrected chi connectivity index (χ0v) is 36.0. The van der Waals surface area contributed by atoms with Crippen LogP contribution < -0.4 is 0 Å². The van der Waals surface area contributed by atoms with Crippen molar-refractivity contribution in [2.75, 3.05) is 19.8 Å². The van der Waals surface area contributed by atoms with Crippen LogP contribution in [0.4, 0.5) is 0 Å². The summed E-state index contributed by atoms with van der Waals surface area (Å²) >= 11 is 0. The minimum Gasteiger partial charge on any atom is -0.466 e. The van der Waals surface area contributed by atoms with Gasteiger partial charge >= 0.3 is 23.9 Å². The van der Waals surface area contributed by atoms with Crippen LogP contribution >= 0.6 is 0 Å². The Labute approximate surface area is 332 Å². The second-order valence-corrected chi connectivity index (χ2v) is 16.3.